The van der Waals surface area contributed by atoms with Gasteiger partial charge in [-0.1, -0.05) is 6.42 Å². The van der Waals surface area contributed by atoms with Gasteiger partial charge in [-0.25, -0.2) is 9.50 Å². The molecule has 0 atom stereocenters. The fraction of sp³-hybridized carbons (Fsp3) is 0.455. The monoisotopic (exact) mass is 187 g/mol. The standard InChI is InChI=1S/C11H13N3/c1-8-7-14-11(12-8)6-5-10(13-14)9-3-2-4-9/h5-7,9H,2-4H2,1H3. The average molecular weight is 187 g/mol. The SMILES string of the molecule is Cc1cn2nc(C3CCC3)ccc2n1. The van der Waals surface area contributed by atoms with Gasteiger partial charge in [0.25, 0.3) is 0 Å². The van der Waals surface area contributed by atoms with Crippen molar-refractivity contribution in [2.75, 3.05) is 0 Å². The van der Waals surface area contributed by atoms with Gasteiger partial charge in [0.15, 0.2) is 5.65 Å². The van der Waals surface area contributed by atoms with Gasteiger partial charge in [-0.2, -0.15) is 5.10 Å². The molecule has 0 radical (unpaired) electrons. The summed E-state index contributed by atoms with van der Waals surface area (Å²) < 4.78 is 1.89. The van der Waals surface area contributed by atoms with E-state index in [9.17, 15) is 0 Å². The van der Waals surface area contributed by atoms with Crippen LogP contribution in [-0.2, 0) is 0 Å². The molecule has 2 aromatic heterocycles. The summed E-state index contributed by atoms with van der Waals surface area (Å²) in [6, 6.07) is 4.18. The molecule has 3 rings (SSSR count). The lowest BCUT2D eigenvalue weighted by molar-refractivity contribution is 0.407. The second-order valence-corrected chi connectivity index (χ2v) is 4.07. The molecule has 0 aromatic carbocycles. The molecule has 0 spiro atoms. The van der Waals surface area contributed by atoms with Gasteiger partial charge in [-0.3, -0.25) is 0 Å². The normalized spacial score (nSPS) is 17.2. The van der Waals surface area contributed by atoms with Gasteiger partial charge in [0.05, 0.1) is 17.6 Å². The lowest BCUT2D eigenvalue weighted by Crippen LogP contribution is -2.11. The van der Waals surface area contributed by atoms with Gasteiger partial charge in [0, 0.05) is 5.92 Å². The minimum atomic E-state index is 0.696. The van der Waals surface area contributed by atoms with E-state index in [1.165, 1.54) is 25.0 Å². The lowest BCUT2D eigenvalue weighted by Gasteiger charge is -2.24. The first-order chi connectivity index (χ1) is 6.83. The van der Waals surface area contributed by atoms with Gasteiger partial charge < -0.3 is 0 Å². The largest absolute Gasteiger partial charge is 0.232 e. The first-order valence-corrected chi connectivity index (χ1v) is 5.16. The zero-order valence-electron chi connectivity index (χ0n) is 8.27. The number of nitrogens with zero attached hydrogens (tertiary/aromatic N) is 3. The predicted octanol–water partition coefficient (Wildman–Crippen LogP) is 2.31. The van der Waals surface area contributed by atoms with E-state index in [0.29, 0.717) is 5.92 Å². The topological polar surface area (TPSA) is 30.2 Å². The fourth-order valence-electron chi connectivity index (χ4n) is 1.94. The average Bonchev–Trinajstić information content (AvgIpc) is 2.40. The summed E-state index contributed by atoms with van der Waals surface area (Å²) in [7, 11) is 0. The van der Waals surface area contributed by atoms with Crippen molar-refractivity contribution in [3.63, 3.8) is 0 Å². The summed E-state index contributed by atoms with van der Waals surface area (Å²) in [5.41, 5.74) is 3.20. The van der Waals surface area contributed by atoms with Gasteiger partial charge in [-0.15, -0.1) is 0 Å². The number of rotatable bonds is 1. The van der Waals surface area contributed by atoms with Crippen LogP contribution in [0.2, 0.25) is 0 Å². The molecule has 1 aliphatic carbocycles. The Hall–Kier alpha value is -1.38. The van der Waals surface area contributed by atoms with Crippen LogP contribution in [-0.4, -0.2) is 14.6 Å². The Morgan fingerprint density at radius 2 is 2.21 bits per heavy atom. The molecule has 1 fully saturated rings. The molecule has 2 heterocycles. The minimum Gasteiger partial charge on any atom is -0.232 e. The highest BCUT2D eigenvalue weighted by molar-refractivity contribution is 5.38. The van der Waals surface area contributed by atoms with Crippen LogP contribution in [0.5, 0.6) is 0 Å². The van der Waals surface area contributed by atoms with E-state index in [0.717, 1.165) is 11.3 Å². The Morgan fingerprint density at radius 3 is 2.93 bits per heavy atom. The van der Waals surface area contributed by atoms with Crippen molar-refractivity contribution < 1.29 is 0 Å². The molecule has 0 aliphatic heterocycles. The number of imidazole rings is 1. The molecule has 0 N–H and O–H groups in total. The van der Waals surface area contributed by atoms with Crippen LogP contribution in [0, 0.1) is 6.92 Å². The maximum atomic E-state index is 4.57. The van der Waals surface area contributed by atoms with E-state index in [2.05, 4.69) is 22.2 Å². The van der Waals surface area contributed by atoms with Crippen molar-refractivity contribution in [1.82, 2.24) is 14.6 Å². The predicted molar refractivity (Wildman–Crippen MR) is 54.3 cm³/mol. The Kier molecular flexibility index (Phi) is 1.60. The number of fused-ring (bicyclic) bond motifs is 1. The Bertz CT molecular complexity index is 468. The van der Waals surface area contributed by atoms with E-state index in [1.54, 1.807) is 0 Å². The van der Waals surface area contributed by atoms with Crippen molar-refractivity contribution >= 4 is 5.65 Å². The number of hydrogen-bond donors (Lipinski definition) is 0. The van der Waals surface area contributed by atoms with E-state index in [4.69, 9.17) is 0 Å². The summed E-state index contributed by atoms with van der Waals surface area (Å²) in [5.74, 6) is 0.696. The van der Waals surface area contributed by atoms with Crippen molar-refractivity contribution in [2.45, 2.75) is 32.1 Å². The zero-order chi connectivity index (χ0) is 9.54. The molecule has 14 heavy (non-hydrogen) atoms. The van der Waals surface area contributed by atoms with Crippen molar-refractivity contribution in [2.24, 2.45) is 0 Å². The van der Waals surface area contributed by atoms with Crippen LogP contribution >= 0.6 is 0 Å². The van der Waals surface area contributed by atoms with Crippen molar-refractivity contribution in [3.8, 4) is 0 Å². The molecule has 2 aromatic rings. The summed E-state index contributed by atoms with van der Waals surface area (Å²) >= 11 is 0. The van der Waals surface area contributed by atoms with Crippen LogP contribution in [0.15, 0.2) is 18.3 Å². The van der Waals surface area contributed by atoms with Crippen LogP contribution in [0.25, 0.3) is 5.65 Å². The smallest absolute Gasteiger partial charge is 0.153 e. The molecule has 0 unspecified atom stereocenters. The van der Waals surface area contributed by atoms with Gasteiger partial charge in [0.2, 0.25) is 0 Å². The van der Waals surface area contributed by atoms with Crippen LogP contribution in [0.3, 0.4) is 0 Å². The maximum absolute atomic E-state index is 4.57. The molecule has 0 saturated heterocycles. The summed E-state index contributed by atoms with van der Waals surface area (Å²) in [5, 5.41) is 4.57. The van der Waals surface area contributed by atoms with Crippen LogP contribution in [0.4, 0.5) is 0 Å². The molecular weight excluding hydrogens is 174 g/mol. The van der Waals surface area contributed by atoms with E-state index in [1.807, 2.05) is 17.6 Å². The van der Waals surface area contributed by atoms with Crippen molar-refractivity contribution in [3.05, 3.63) is 29.7 Å². The summed E-state index contributed by atoms with van der Waals surface area (Å²) in [4.78, 5) is 4.36. The van der Waals surface area contributed by atoms with Crippen LogP contribution in [0.1, 0.15) is 36.6 Å². The molecule has 72 valence electrons. The fourth-order valence-corrected chi connectivity index (χ4v) is 1.94. The first kappa shape index (κ1) is 7.97. The Labute approximate surface area is 82.8 Å². The molecule has 3 nitrogen and oxygen atoms in total. The zero-order valence-corrected chi connectivity index (χ0v) is 8.27. The maximum Gasteiger partial charge on any atom is 0.153 e. The van der Waals surface area contributed by atoms with Gasteiger partial charge >= 0.3 is 0 Å². The summed E-state index contributed by atoms with van der Waals surface area (Å²) in [6.07, 6.45) is 5.93. The highest BCUT2D eigenvalue weighted by atomic mass is 15.2. The second-order valence-electron chi connectivity index (χ2n) is 4.07. The Morgan fingerprint density at radius 1 is 1.36 bits per heavy atom. The molecular formula is C11H13N3. The molecule has 3 heteroatoms. The first-order valence-electron chi connectivity index (χ1n) is 5.16. The lowest BCUT2D eigenvalue weighted by atomic mass is 9.83. The summed E-state index contributed by atoms with van der Waals surface area (Å²) in [6.45, 7) is 2.00. The third-order valence-corrected chi connectivity index (χ3v) is 2.98. The molecule has 1 aliphatic rings. The number of aryl methyl sites for hydroxylation is 1. The highest BCUT2D eigenvalue weighted by Crippen LogP contribution is 2.34. The van der Waals surface area contributed by atoms with Crippen LogP contribution < -0.4 is 0 Å². The Balaban J connectivity index is 2.09. The van der Waals surface area contributed by atoms with E-state index in [-0.39, 0.29) is 0 Å². The minimum absolute atomic E-state index is 0.696. The van der Waals surface area contributed by atoms with Gasteiger partial charge in [0.1, 0.15) is 0 Å². The third kappa shape index (κ3) is 1.12. The highest BCUT2D eigenvalue weighted by Gasteiger charge is 2.21. The number of aromatic nitrogens is 3. The van der Waals surface area contributed by atoms with E-state index >= 15 is 0 Å². The quantitative estimate of drug-likeness (QED) is 0.685. The molecule has 0 amide bonds. The second kappa shape index (κ2) is 2.80. The number of hydrogen-bond acceptors (Lipinski definition) is 2. The molecule has 0 bridgehead atoms. The van der Waals surface area contributed by atoms with E-state index < -0.39 is 0 Å². The van der Waals surface area contributed by atoms with Gasteiger partial charge in [-0.05, 0) is 31.9 Å². The molecule has 1 saturated carbocycles. The van der Waals surface area contributed by atoms with Crippen molar-refractivity contribution in [1.29, 1.82) is 0 Å². The third-order valence-electron chi connectivity index (χ3n) is 2.98.